The highest BCUT2D eigenvalue weighted by molar-refractivity contribution is 5.74. The van der Waals surface area contributed by atoms with Gasteiger partial charge >= 0.3 is 5.97 Å². The molecule has 0 saturated carbocycles. The highest BCUT2D eigenvalue weighted by atomic mass is 16.6. The van der Waals surface area contributed by atoms with E-state index in [0.29, 0.717) is 18.2 Å². The van der Waals surface area contributed by atoms with Crippen LogP contribution in [0.15, 0.2) is 60.9 Å². The maximum Gasteiger partial charge on any atom is 0.335 e. The fourth-order valence-electron chi connectivity index (χ4n) is 4.74. The minimum absolute atomic E-state index is 0.204. The standard InChI is InChI=1S/C37H52N2O5/c1-5-7-9-11-12-13-15-25-42-34-22-20-32(21-23-34)31-16-18-33(19-17-31)36-38-26-35(27-39-36)43-28-29(3)44-37(40)30(4)41-24-14-10-8-6-2/h16-23,26-27,29-30H,5-15,24-25,28H2,1-4H3/t29-,30?/m0/s1. The summed E-state index contributed by atoms with van der Waals surface area (Å²) in [6.07, 6.45) is 15.6. The molecular formula is C37H52N2O5. The summed E-state index contributed by atoms with van der Waals surface area (Å²) < 4.78 is 22.7. The molecule has 3 aromatic rings. The van der Waals surface area contributed by atoms with Crippen molar-refractivity contribution >= 4 is 5.97 Å². The van der Waals surface area contributed by atoms with Crippen LogP contribution in [0.3, 0.4) is 0 Å². The minimum atomic E-state index is -0.592. The maximum absolute atomic E-state index is 12.3. The summed E-state index contributed by atoms with van der Waals surface area (Å²) in [5.41, 5.74) is 3.17. The predicted octanol–water partition coefficient (Wildman–Crippen LogP) is 9.24. The summed E-state index contributed by atoms with van der Waals surface area (Å²) in [5.74, 6) is 1.66. The van der Waals surface area contributed by atoms with E-state index in [1.807, 2.05) is 24.3 Å². The molecule has 0 saturated heterocycles. The fourth-order valence-corrected chi connectivity index (χ4v) is 4.74. The Balaban J connectivity index is 1.38. The van der Waals surface area contributed by atoms with Crippen molar-refractivity contribution in [3.05, 3.63) is 60.9 Å². The SMILES string of the molecule is CCCCCCCCCOc1ccc(-c2ccc(-c3ncc(OC[C@H](C)OC(=O)C(C)OCCCCCC)cn3)cc2)cc1. The zero-order valence-electron chi connectivity index (χ0n) is 27.3. The van der Waals surface area contributed by atoms with Crippen molar-refractivity contribution in [2.75, 3.05) is 19.8 Å². The lowest BCUT2D eigenvalue weighted by Gasteiger charge is -2.17. The second-order valence-corrected chi connectivity index (χ2v) is 11.4. The fraction of sp³-hybridized carbons (Fsp3) is 0.541. The van der Waals surface area contributed by atoms with Crippen LogP contribution in [0.1, 0.15) is 98.3 Å². The van der Waals surface area contributed by atoms with Crippen LogP contribution in [-0.4, -0.2) is 48.0 Å². The first-order chi connectivity index (χ1) is 21.5. The normalized spacial score (nSPS) is 12.5. The zero-order valence-corrected chi connectivity index (χ0v) is 27.3. The predicted molar refractivity (Wildman–Crippen MR) is 177 cm³/mol. The van der Waals surface area contributed by atoms with Crippen molar-refractivity contribution in [3.63, 3.8) is 0 Å². The van der Waals surface area contributed by atoms with Crippen LogP contribution in [0, 0.1) is 0 Å². The Labute approximate surface area is 264 Å². The van der Waals surface area contributed by atoms with Gasteiger partial charge in [-0.1, -0.05) is 108 Å². The number of benzene rings is 2. The molecule has 3 rings (SSSR count). The lowest BCUT2D eigenvalue weighted by molar-refractivity contribution is -0.162. The number of esters is 1. The number of nitrogens with zero attached hydrogens (tertiary/aromatic N) is 2. The number of rotatable bonds is 22. The molecule has 2 atom stereocenters. The van der Waals surface area contributed by atoms with Gasteiger partial charge in [-0.3, -0.25) is 0 Å². The van der Waals surface area contributed by atoms with Gasteiger partial charge in [0.25, 0.3) is 0 Å². The number of hydrogen-bond acceptors (Lipinski definition) is 7. The molecule has 0 N–H and O–H groups in total. The van der Waals surface area contributed by atoms with Crippen molar-refractivity contribution in [2.45, 2.75) is 111 Å². The van der Waals surface area contributed by atoms with E-state index in [0.717, 1.165) is 48.3 Å². The van der Waals surface area contributed by atoms with Crippen molar-refractivity contribution in [3.8, 4) is 34.0 Å². The minimum Gasteiger partial charge on any atom is -0.494 e. The Morgan fingerprint density at radius 2 is 1.16 bits per heavy atom. The van der Waals surface area contributed by atoms with E-state index in [1.54, 1.807) is 26.2 Å². The van der Waals surface area contributed by atoms with E-state index >= 15 is 0 Å². The van der Waals surface area contributed by atoms with Gasteiger partial charge in [0.1, 0.15) is 18.5 Å². The molecule has 44 heavy (non-hydrogen) atoms. The highest BCUT2D eigenvalue weighted by Gasteiger charge is 2.18. The van der Waals surface area contributed by atoms with Gasteiger partial charge in [-0.15, -0.1) is 0 Å². The van der Waals surface area contributed by atoms with Crippen molar-refractivity contribution in [1.29, 1.82) is 0 Å². The van der Waals surface area contributed by atoms with Crippen LogP contribution in [0.25, 0.3) is 22.5 Å². The van der Waals surface area contributed by atoms with E-state index in [2.05, 4.69) is 48.1 Å². The molecule has 1 unspecified atom stereocenters. The molecule has 2 aromatic carbocycles. The third-order valence-corrected chi connectivity index (χ3v) is 7.48. The number of aromatic nitrogens is 2. The Kier molecular flexibility index (Phi) is 16.3. The molecule has 7 nitrogen and oxygen atoms in total. The lowest BCUT2D eigenvalue weighted by atomic mass is 10.0. The van der Waals surface area contributed by atoms with Crippen LogP contribution >= 0.6 is 0 Å². The van der Waals surface area contributed by atoms with Crippen LogP contribution in [-0.2, 0) is 14.3 Å². The molecule has 0 aliphatic carbocycles. The first kappa shape index (κ1) is 35.0. The second-order valence-electron chi connectivity index (χ2n) is 11.4. The Morgan fingerprint density at radius 3 is 1.80 bits per heavy atom. The molecule has 0 fully saturated rings. The lowest BCUT2D eigenvalue weighted by Crippen LogP contribution is -2.30. The second kappa shape index (κ2) is 20.5. The van der Waals surface area contributed by atoms with Crippen LogP contribution in [0.4, 0.5) is 0 Å². The van der Waals surface area contributed by atoms with Crippen molar-refractivity contribution in [1.82, 2.24) is 9.97 Å². The van der Waals surface area contributed by atoms with Gasteiger partial charge in [0.15, 0.2) is 17.7 Å². The quantitative estimate of drug-likeness (QED) is 0.0835. The monoisotopic (exact) mass is 604 g/mol. The summed E-state index contributed by atoms with van der Waals surface area (Å²) in [7, 11) is 0. The number of carbonyl (C=O) groups excluding carboxylic acids is 1. The van der Waals surface area contributed by atoms with Gasteiger partial charge in [-0.05, 0) is 49.9 Å². The summed E-state index contributed by atoms with van der Waals surface area (Å²) in [5, 5.41) is 0. The number of hydrogen-bond donors (Lipinski definition) is 0. The first-order valence-corrected chi connectivity index (χ1v) is 16.6. The van der Waals surface area contributed by atoms with E-state index in [1.165, 1.54) is 51.4 Å². The maximum atomic E-state index is 12.3. The third kappa shape index (κ3) is 13.0. The van der Waals surface area contributed by atoms with E-state index in [4.69, 9.17) is 18.9 Å². The molecule has 0 amide bonds. The van der Waals surface area contributed by atoms with E-state index in [9.17, 15) is 4.79 Å². The van der Waals surface area contributed by atoms with E-state index < -0.39 is 12.2 Å². The van der Waals surface area contributed by atoms with Gasteiger partial charge in [-0.25, -0.2) is 14.8 Å². The van der Waals surface area contributed by atoms with Gasteiger partial charge < -0.3 is 18.9 Å². The highest BCUT2D eigenvalue weighted by Crippen LogP contribution is 2.25. The summed E-state index contributed by atoms with van der Waals surface area (Å²) in [6.45, 7) is 9.47. The van der Waals surface area contributed by atoms with Crippen LogP contribution in [0.2, 0.25) is 0 Å². The largest absolute Gasteiger partial charge is 0.494 e. The molecule has 1 heterocycles. The summed E-state index contributed by atoms with van der Waals surface area (Å²) in [4.78, 5) is 21.2. The Bertz CT molecular complexity index is 1180. The van der Waals surface area contributed by atoms with Crippen molar-refractivity contribution < 1.29 is 23.7 Å². The van der Waals surface area contributed by atoms with Crippen molar-refractivity contribution in [2.24, 2.45) is 0 Å². The average molecular weight is 605 g/mol. The molecule has 7 heteroatoms. The molecule has 0 aliphatic rings. The molecule has 1 aromatic heterocycles. The van der Waals surface area contributed by atoms with Gasteiger partial charge in [0.05, 0.1) is 19.0 Å². The molecule has 0 spiro atoms. The van der Waals surface area contributed by atoms with Gasteiger partial charge in [-0.2, -0.15) is 0 Å². The summed E-state index contributed by atoms with van der Waals surface area (Å²) in [6, 6.07) is 16.5. The topological polar surface area (TPSA) is 79.8 Å². The molecular weight excluding hydrogens is 552 g/mol. The molecule has 0 bridgehead atoms. The zero-order chi connectivity index (χ0) is 31.4. The number of ether oxygens (including phenoxy) is 4. The Hall–Kier alpha value is -3.45. The number of carbonyl (C=O) groups is 1. The van der Waals surface area contributed by atoms with E-state index in [-0.39, 0.29) is 12.6 Å². The third-order valence-electron chi connectivity index (χ3n) is 7.48. The Morgan fingerprint density at radius 1 is 0.636 bits per heavy atom. The molecule has 240 valence electrons. The molecule has 0 radical (unpaired) electrons. The van der Waals surface area contributed by atoms with Gasteiger partial charge in [0, 0.05) is 12.2 Å². The van der Waals surface area contributed by atoms with Gasteiger partial charge in [0.2, 0.25) is 0 Å². The molecule has 0 aliphatic heterocycles. The number of unbranched alkanes of at least 4 members (excludes halogenated alkanes) is 9. The summed E-state index contributed by atoms with van der Waals surface area (Å²) >= 11 is 0. The smallest absolute Gasteiger partial charge is 0.335 e. The van der Waals surface area contributed by atoms with Crippen LogP contribution < -0.4 is 9.47 Å². The van der Waals surface area contributed by atoms with Crippen LogP contribution in [0.5, 0.6) is 11.5 Å². The average Bonchev–Trinajstić information content (AvgIpc) is 3.05. The first-order valence-electron chi connectivity index (χ1n) is 16.6.